The fraction of sp³-hybridized carbons (Fsp3) is 0.231. The molecule has 1 aromatic heterocycles. The van der Waals surface area contributed by atoms with Gasteiger partial charge in [0.2, 0.25) is 0 Å². The normalized spacial score (nSPS) is 10.3. The van der Waals surface area contributed by atoms with Gasteiger partial charge in [-0.05, 0) is 12.5 Å². The average molecular weight is 214 g/mol. The van der Waals surface area contributed by atoms with Gasteiger partial charge in [0.25, 0.3) is 0 Å². The van der Waals surface area contributed by atoms with Gasteiger partial charge < -0.3 is 0 Å². The Morgan fingerprint density at radius 3 is 2.69 bits per heavy atom. The number of hydrogen-bond donors (Lipinski definition) is 0. The molecule has 2 aromatic rings. The SMILES string of the molecule is CCn1cc(C=O)c(Cc2ccccc2)n1. The Morgan fingerprint density at radius 2 is 2.06 bits per heavy atom. The van der Waals surface area contributed by atoms with Crippen LogP contribution in [0.2, 0.25) is 0 Å². The van der Waals surface area contributed by atoms with Crippen molar-refractivity contribution in [1.29, 1.82) is 0 Å². The Bertz CT molecular complexity index is 474. The molecule has 0 aliphatic carbocycles. The number of aryl methyl sites for hydroxylation is 1. The van der Waals surface area contributed by atoms with E-state index >= 15 is 0 Å². The van der Waals surface area contributed by atoms with E-state index in [0.717, 1.165) is 18.5 Å². The molecule has 0 bridgehead atoms. The Kier molecular flexibility index (Phi) is 3.15. The van der Waals surface area contributed by atoms with Crippen LogP contribution in [-0.4, -0.2) is 16.1 Å². The minimum absolute atomic E-state index is 0.686. The fourth-order valence-electron chi connectivity index (χ4n) is 1.66. The van der Waals surface area contributed by atoms with Gasteiger partial charge in [0.05, 0.1) is 11.3 Å². The van der Waals surface area contributed by atoms with E-state index in [2.05, 4.69) is 5.10 Å². The minimum atomic E-state index is 0.686. The molecule has 1 heterocycles. The molecule has 0 aliphatic heterocycles. The summed E-state index contributed by atoms with van der Waals surface area (Å²) in [6.07, 6.45) is 3.38. The lowest BCUT2D eigenvalue weighted by molar-refractivity contribution is 0.112. The third-order valence-electron chi connectivity index (χ3n) is 2.54. The maximum atomic E-state index is 10.9. The van der Waals surface area contributed by atoms with Crippen LogP contribution in [0, 0.1) is 0 Å². The number of aromatic nitrogens is 2. The molecule has 2 rings (SSSR count). The van der Waals surface area contributed by atoms with Gasteiger partial charge in [-0.2, -0.15) is 5.10 Å². The van der Waals surface area contributed by atoms with Gasteiger partial charge in [-0.15, -0.1) is 0 Å². The molecule has 0 atom stereocenters. The van der Waals surface area contributed by atoms with Crippen molar-refractivity contribution in [2.45, 2.75) is 19.9 Å². The topological polar surface area (TPSA) is 34.9 Å². The Labute approximate surface area is 94.7 Å². The van der Waals surface area contributed by atoms with Gasteiger partial charge in [0, 0.05) is 19.2 Å². The average Bonchev–Trinajstić information content (AvgIpc) is 2.73. The molecule has 16 heavy (non-hydrogen) atoms. The second-order valence-corrected chi connectivity index (χ2v) is 3.67. The summed E-state index contributed by atoms with van der Waals surface area (Å²) in [6.45, 7) is 2.80. The lowest BCUT2D eigenvalue weighted by Crippen LogP contribution is -1.96. The molecular formula is C13H14N2O. The first-order valence-corrected chi connectivity index (χ1v) is 5.39. The zero-order valence-electron chi connectivity index (χ0n) is 9.26. The third-order valence-corrected chi connectivity index (χ3v) is 2.54. The predicted molar refractivity (Wildman–Crippen MR) is 62.5 cm³/mol. The molecule has 0 saturated heterocycles. The summed E-state index contributed by atoms with van der Waals surface area (Å²) in [4.78, 5) is 10.9. The highest BCUT2D eigenvalue weighted by Gasteiger charge is 2.07. The highest BCUT2D eigenvalue weighted by molar-refractivity contribution is 5.76. The lowest BCUT2D eigenvalue weighted by atomic mass is 10.1. The third kappa shape index (κ3) is 2.19. The molecule has 0 amide bonds. The van der Waals surface area contributed by atoms with Crippen LogP contribution >= 0.6 is 0 Å². The van der Waals surface area contributed by atoms with E-state index in [0.29, 0.717) is 12.0 Å². The van der Waals surface area contributed by atoms with Crippen molar-refractivity contribution in [3.63, 3.8) is 0 Å². The van der Waals surface area contributed by atoms with Crippen molar-refractivity contribution in [2.75, 3.05) is 0 Å². The molecule has 0 aliphatic rings. The van der Waals surface area contributed by atoms with Gasteiger partial charge in [-0.3, -0.25) is 9.48 Å². The van der Waals surface area contributed by atoms with Crippen molar-refractivity contribution < 1.29 is 4.79 Å². The predicted octanol–water partition coefficient (Wildman–Crippen LogP) is 2.31. The highest BCUT2D eigenvalue weighted by Crippen LogP contribution is 2.11. The summed E-state index contributed by atoms with van der Waals surface area (Å²) in [6, 6.07) is 10.0. The van der Waals surface area contributed by atoms with E-state index in [4.69, 9.17) is 0 Å². The molecule has 1 aromatic carbocycles. The zero-order valence-corrected chi connectivity index (χ0v) is 9.26. The molecular weight excluding hydrogens is 200 g/mol. The van der Waals surface area contributed by atoms with Gasteiger partial charge in [-0.1, -0.05) is 30.3 Å². The van der Waals surface area contributed by atoms with Crippen LogP contribution in [0.5, 0.6) is 0 Å². The second-order valence-electron chi connectivity index (χ2n) is 3.67. The van der Waals surface area contributed by atoms with Crippen LogP contribution in [0.1, 0.15) is 28.5 Å². The molecule has 0 N–H and O–H groups in total. The summed E-state index contributed by atoms with van der Waals surface area (Å²) in [5.41, 5.74) is 2.71. The quantitative estimate of drug-likeness (QED) is 0.732. The van der Waals surface area contributed by atoms with Crippen molar-refractivity contribution >= 4 is 6.29 Å². The van der Waals surface area contributed by atoms with E-state index in [9.17, 15) is 4.79 Å². The van der Waals surface area contributed by atoms with Crippen LogP contribution in [0.15, 0.2) is 36.5 Å². The first-order chi connectivity index (χ1) is 7.83. The number of carbonyl (C=O) groups is 1. The van der Waals surface area contributed by atoms with Gasteiger partial charge in [0.1, 0.15) is 0 Å². The standard InChI is InChI=1S/C13H14N2O/c1-2-15-9-12(10-16)13(14-15)8-11-6-4-3-5-7-11/h3-7,9-10H,2,8H2,1H3. The summed E-state index contributed by atoms with van der Waals surface area (Å²) in [7, 11) is 0. The summed E-state index contributed by atoms with van der Waals surface area (Å²) < 4.78 is 1.79. The second kappa shape index (κ2) is 4.75. The molecule has 82 valence electrons. The summed E-state index contributed by atoms with van der Waals surface area (Å²) >= 11 is 0. The molecule has 0 fully saturated rings. The van der Waals surface area contributed by atoms with E-state index in [1.54, 1.807) is 10.9 Å². The van der Waals surface area contributed by atoms with E-state index in [1.165, 1.54) is 5.56 Å². The smallest absolute Gasteiger partial charge is 0.153 e. The lowest BCUT2D eigenvalue weighted by Gasteiger charge is -1.98. The maximum Gasteiger partial charge on any atom is 0.153 e. The molecule has 3 nitrogen and oxygen atoms in total. The fourth-order valence-corrected chi connectivity index (χ4v) is 1.66. The van der Waals surface area contributed by atoms with Crippen LogP contribution in [0.25, 0.3) is 0 Å². The van der Waals surface area contributed by atoms with E-state index in [1.807, 2.05) is 37.3 Å². The van der Waals surface area contributed by atoms with Crippen LogP contribution in [-0.2, 0) is 13.0 Å². The number of carbonyl (C=O) groups excluding carboxylic acids is 1. The molecule has 0 saturated carbocycles. The van der Waals surface area contributed by atoms with Gasteiger partial charge in [-0.25, -0.2) is 0 Å². The number of aldehydes is 1. The zero-order chi connectivity index (χ0) is 11.4. The number of benzene rings is 1. The summed E-state index contributed by atoms with van der Waals surface area (Å²) in [5, 5.41) is 4.38. The first-order valence-electron chi connectivity index (χ1n) is 5.39. The van der Waals surface area contributed by atoms with Gasteiger partial charge in [0.15, 0.2) is 6.29 Å². The van der Waals surface area contributed by atoms with Crippen molar-refractivity contribution in [3.05, 3.63) is 53.3 Å². The van der Waals surface area contributed by atoms with Gasteiger partial charge >= 0.3 is 0 Å². The van der Waals surface area contributed by atoms with E-state index < -0.39 is 0 Å². The molecule has 0 spiro atoms. The van der Waals surface area contributed by atoms with Crippen LogP contribution < -0.4 is 0 Å². The van der Waals surface area contributed by atoms with Crippen molar-refractivity contribution in [1.82, 2.24) is 9.78 Å². The Balaban J connectivity index is 2.27. The van der Waals surface area contributed by atoms with Crippen LogP contribution in [0.3, 0.4) is 0 Å². The van der Waals surface area contributed by atoms with Crippen molar-refractivity contribution in [3.8, 4) is 0 Å². The largest absolute Gasteiger partial charge is 0.298 e. The number of hydrogen-bond acceptors (Lipinski definition) is 2. The van der Waals surface area contributed by atoms with E-state index in [-0.39, 0.29) is 0 Å². The summed E-state index contributed by atoms with van der Waals surface area (Å²) in [5.74, 6) is 0. The minimum Gasteiger partial charge on any atom is -0.298 e. The molecule has 0 unspecified atom stereocenters. The maximum absolute atomic E-state index is 10.9. The number of rotatable bonds is 4. The first kappa shape index (κ1) is 10.6. The number of nitrogens with zero attached hydrogens (tertiary/aromatic N) is 2. The van der Waals surface area contributed by atoms with Crippen molar-refractivity contribution in [2.24, 2.45) is 0 Å². The molecule has 0 radical (unpaired) electrons. The molecule has 3 heteroatoms. The highest BCUT2D eigenvalue weighted by atomic mass is 16.1. The Morgan fingerprint density at radius 1 is 1.31 bits per heavy atom. The monoisotopic (exact) mass is 214 g/mol. The van der Waals surface area contributed by atoms with Crippen LogP contribution in [0.4, 0.5) is 0 Å². The Hall–Kier alpha value is -1.90.